The van der Waals surface area contributed by atoms with Crippen LogP contribution in [0.2, 0.25) is 0 Å². The molecule has 7 heteroatoms. The number of guanidine groups is 1. The maximum Gasteiger partial charge on any atom is 0.203 e. The maximum absolute atomic E-state index is 5.45. The van der Waals surface area contributed by atoms with Gasteiger partial charge in [0.15, 0.2) is 17.5 Å². The number of hydrogen-bond acceptors (Lipinski definition) is 5. The highest BCUT2D eigenvalue weighted by molar-refractivity contribution is 5.79. The molecular formula is C19H32N4O3. The fraction of sp³-hybridized carbons (Fsp3) is 0.632. The Kier molecular flexibility index (Phi) is 7.84. The van der Waals surface area contributed by atoms with Gasteiger partial charge >= 0.3 is 0 Å². The Morgan fingerprint density at radius 2 is 1.65 bits per heavy atom. The topological polar surface area (TPSA) is 58.6 Å². The van der Waals surface area contributed by atoms with Crippen molar-refractivity contribution in [3.05, 3.63) is 17.7 Å². The largest absolute Gasteiger partial charge is 0.493 e. The highest BCUT2D eigenvalue weighted by atomic mass is 16.5. The molecule has 1 aromatic rings. The third kappa shape index (κ3) is 4.94. The Balaban J connectivity index is 1.99. The van der Waals surface area contributed by atoms with Crippen LogP contribution >= 0.6 is 0 Å². The first kappa shape index (κ1) is 20.2. The second-order valence-electron chi connectivity index (χ2n) is 6.27. The Hall–Kier alpha value is -2.15. The molecule has 0 aliphatic carbocycles. The van der Waals surface area contributed by atoms with Crippen LogP contribution in [0.15, 0.2) is 17.1 Å². The van der Waals surface area contributed by atoms with Gasteiger partial charge in [0.25, 0.3) is 0 Å². The molecule has 1 fully saturated rings. The number of nitrogens with one attached hydrogen (secondary N) is 1. The van der Waals surface area contributed by atoms with Crippen molar-refractivity contribution >= 4 is 5.96 Å². The predicted molar refractivity (Wildman–Crippen MR) is 105 cm³/mol. The summed E-state index contributed by atoms with van der Waals surface area (Å²) in [4.78, 5) is 9.14. The Morgan fingerprint density at radius 3 is 2.12 bits per heavy atom. The van der Waals surface area contributed by atoms with Crippen molar-refractivity contribution in [1.29, 1.82) is 0 Å². The van der Waals surface area contributed by atoms with Crippen molar-refractivity contribution < 1.29 is 14.2 Å². The minimum absolute atomic E-state index is 0.634. The van der Waals surface area contributed by atoms with E-state index < -0.39 is 0 Å². The maximum atomic E-state index is 5.45. The first-order chi connectivity index (χ1) is 12.7. The number of rotatable bonds is 7. The van der Waals surface area contributed by atoms with Crippen LogP contribution in [-0.4, -0.2) is 76.9 Å². The van der Waals surface area contributed by atoms with Gasteiger partial charge < -0.3 is 24.4 Å². The molecule has 1 N–H and O–H groups in total. The van der Waals surface area contributed by atoms with Crippen LogP contribution in [-0.2, 0) is 6.54 Å². The molecule has 2 rings (SSSR count). The van der Waals surface area contributed by atoms with E-state index in [0.29, 0.717) is 17.2 Å². The SMILES string of the molecule is CCCNC(=NC)N1CCN(Cc2cc(OC)c(OC)c(OC)c2)CC1. The molecule has 1 aliphatic rings. The van der Waals surface area contributed by atoms with Gasteiger partial charge in [0.1, 0.15) is 0 Å². The number of hydrogen-bond donors (Lipinski definition) is 1. The van der Waals surface area contributed by atoms with E-state index in [4.69, 9.17) is 14.2 Å². The minimum atomic E-state index is 0.634. The third-order valence-corrected chi connectivity index (χ3v) is 4.55. The lowest BCUT2D eigenvalue weighted by molar-refractivity contribution is 0.172. The summed E-state index contributed by atoms with van der Waals surface area (Å²) in [7, 11) is 6.77. The van der Waals surface area contributed by atoms with Gasteiger partial charge in [-0.05, 0) is 24.1 Å². The van der Waals surface area contributed by atoms with E-state index in [1.165, 1.54) is 0 Å². The van der Waals surface area contributed by atoms with Gasteiger partial charge in [0.05, 0.1) is 21.3 Å². The Morgan fingerprint density at radius 1 is 1.04 bits per heavy atom. The summed E-state index contributed by atoms with van der Waals surface area (Å²) < 4.78 is 16.3. The summed E-state index contributed by atoms with van der Waals surface area (Å²) in [6, 6.07) is 4.05. The number of ether oxygens (including phenoxy) is 3. The van der Waals surface area contributed by atoms with E-state index in [9.17, 15) is 0 Å². The van der Waals surface area contributed by atoms with E-state index in [2.05, 4.69) is 27.0 Å². The molecule has 0 spiro atoms. The highest BCUT2D eigenvalue weighted by Crippen LogP contribution is 2.38. The molecule has 146 valence electrons. The number of piperazine rings is 1. The molecule has 26 heavy (non-hydrogen) atoms. The fourth-order valence-electron chi connectivity index (χ4n) is 3.17. The van der Waals surface area contributed by atoms with Gasteiger partial charge in [0, 0.05) is 46.3 Å². The van der Waals surface area contributed by atoms with Crippen molar-refractivity contribution in [2.75, 3.05) is 61.1 Å². The molecule has 1 heterocycles. The molecular weight excluding hydrogens is 332 g/mol. The zero-order valence-electron chi connectivity index (χ0n) is 16.7. The van der Waals surface area contributed by atoms with Crippen molar-refractivity contribution in [3.8, 4) is 17.2 Å². The third-order valence-electron chi connectivity index (χ3n) is 4.55. The fourth-order valence-corrected chi connectivity index (χ4v) is 3.17. The predicted octanol–water partition coefficient (Wildman–Crippen LogP) is 1.82. The smallest absolute Gasteiger partial charge is 0.203 e. The number of aliphatic imine (C=N–C) groups is 1. The number of methoxy groups -OCH3 is 3. The van der Waals surface area contributed by atoms with Crippen LogP contribution < -0.4 is 19.5 Å². The molecule has 0 aromatic heterocycles. The first-order valence-electron chi connectivity index (χ1n) is 9.13. The van der Waals surface area contributed by atoms with Crippen LogP contribution in [0.25, 0.3) is 0 Å². The summed E-state index contributed by atoms with van der Waals surface area (Å²) >= 11 is 0. The van der Waals surface area contributed by atoms with Crippen LogP contribution in [0.1, 0.15) is 18.9 Å². The van der Waals surface area contributed by atoms with Crippen LogP contribution in [0.5, 0.6) is 17.2 Å². The van der Waals surface area contributed by atoms with E-state index in [0.717, 1.165) is 57.2 Å². The Bertz CT molecular complexity index is 573. The summed E-state index contributed by atoms with van der Waals surface area (Å²) in [5.74, 6) is 3.03. The molecule has 0 saturated carbocycles. The highest BCUT2D eigenvalue weighted by Gasteiger charge is 2.21. The van der Waals surface area contributed by atoms with E-state index >= 15 is 0 Å². The van der Waals surface area contributed by atoms with Crippen LogP contribution in [0.4, 0.5) is 0 Å². The summed E-state index contributed by atoms with van der Waals surface area (Å²) in [6.07, 6.45) is 1.10. The van der Waals surface area contributed by atoms with E-state index in [1.54, 1.807) is 21.3 Å². The number of benzene rings is 1. The van der Waals surface area contributed by atoms with Crippen molar-refractivity contribution in [1.82, 2.24) is 15.1 Å². The molecule has 1 aromatic carbocycles. The average molecular weight is 364 g/mol. The second-order valence-corrected chi connectivity index (χ2v) is 6.27. The summed E-state index contributed by atoms with van der Waals surface area (Å²) in [6.45, 7) is 7.88. The van der Waals surface area contributed by atoms with E-state index in [-0.39, 0.29) is 0 Å². The lowest BCUT2D eigenvalue weighted by Crippen LogP contribution is -2.52. The zero-order valence-corrected chi connectivity index (χ0v) is 16.7. The summed E-state index contributed by atoms with van der Waals surface area (Å²) in [5.41, 5.74) is 1.15. The normalized spacial score (nSPS) is 15.7. The quantitative estimate of drug-likeness (QED) is 0.588. The molecule has 0 unspecified atom stereocenters. The first-order valence-corrected chi connectivity index (χ1v) is 9.13. The van der Waals surface area contributed by atoms with E-state index in [1.807, 2.05) is 19.2 Å². The van der Waals surface area contributed by atoms with Crippen LogP contribution in [0.3, 0.4) is 0 Å². The lowest BCUT2D eigenvalue weighted by atomic mass is 10.1. The van der Waals surface area contributed by atoms with Gasteiger partial charge in [-0.1, -0.05) is 6.92 Å². The van der Waals surface area contributed by atoms with Gasteiger partial charge in [-0.2, -0.15) is 0 Å². The van der Waals surface area contributed by atoms with Gasteiger partial charge in [-0.3, -0.25) is 9.89 Å². The Labute approximate surface area is 156 Å². The van der Waals surface area contributed by atoms with Crippen molar-refractivity contribution in [2.45, 2.75) is 19.9 Å². The van der Waals surface area contributed by atoms with Crippen molar-refractivity contribution in [2.24, 2.45) is 4.99 Å². The molecule has 7 nitrogen and oxygen atoms in total. The van der Waals surface area contributed by atoms with Crippen LogP contribution in [0, 0.1) is 0 Å². The van der Waals surface area contributed by atoms with Gasteiger partial charge in [-0.25, -0.2) is 0 Å². The average Bonchev–Trinajstić information content (AvgIpc) is 2.68. The summed E-state index contributed by atoms with van der Waals surface area (Å²) in [5, 5.41) is 3.41. The monoisotopic (exact) mass is 364 g/mol. The minimum Gasteiger partial charge on any atom is -0.493 e. The van der Waals surface area contributed by atoms with Gasteiger partial charge in [-0.15, -0.1) is 0 Å². The van der Waals surface area contributed by atoms with Gasteiger partial charge in [0.2, 0.25) is 5.75 Å². The molecule has 0 bridgehead atoms. The molecule has 1 saturated heterocycles. The zero-order chi connectivity index (χ0) is 18.9. The number of nitrogens with zero attached hydrogens (tertiary/aromatic N) is 3. The standard InChI is InChI=1S/C19H32N4O3/c1-6-7-21-19(20-2)23-10-8-22(9-11-23)14-15-12-16(24-3)18(26-5)17(13-15)25-4/h12-13H,6-11,14H2,1-5H3,(H,20,21). The molecule has 0 radical (unpaired) electrons. The lowest BCUT2D eigenvalue weighted by Gasteiger charge is -2.36. The second kappa shape index (κ2) is 10.1. The molecule has 1 aliphatic heterocycles. The molecule has 0 amide bonds. The van der Waals surface area contributed by atoms with Crippen molar-refractivity contribution in [3.63, 3.8) is 0 Å². The molecule has 0 atom stereocenters.